The molecule has 8 heterocycles. The van der Waals surface area contributed by atoms with Gasteiger partial charge < -0.3 is 20.0 Å². The monoisotopic (exact) mass is 812 g/mol. The zero-order valence-electron chi connectivity index (χ0n) is 32.9. The Bertz CT molecular complexity index is 2510. The molecule has 4 amide bonds. The third-order valence-corrected chi connectivity index (χ3v) is 12.8. The Kier molecular flexibility index (Phi) is 10.3. The molecule has 4 aliphatic heterocycles. The standard InChI is InChI=1S/C42H44N12O4S/c1-25(2)46-33-20-34(35-7-6-29-18-26(21-43)22-45-54(29)35)44-23-31(33)40-48-49-42(59-40)52-16-14-50(15-17-52)28-10-12-51(13-11-28)38(56)19-27-4-3-5-30-32(27)24-53(41(30)58)36-8-9-37(55)47-39(36)57/h3-7,18,20,22-23,25,28,36H,8-17,19,24H2,1-2H3,(H,44,46)(H,47,55,57). The van der Waals surface area contributed by atoms with Crippen molar-refractivity contribution in [2.24, 2.45) is 0 Å². The van der Waals surface area contributed by atoms with Crippen LogP contribution in [0.15, 0.2) is 54.9 Å². The van der Waals surface area contributed by atoms with E-state index in [2.05, 4.69) is 55.6 Å². The van der Waals surface area contributed by atoms with Gasteiger partial charge in [0.25, 0.3) is 5.91 Å². The van der Waals surface area contributed by atoms with Crippen LogP contribution in [0.2, 0.25) is 0 Å². The average molecular weight is 813 g/mol. The van der Waals surface area contributed by atoms with E-state index in [1.54, 1.807) is 40.2 Å². The lowest BCUT2D eigenvalue weighted by atomic mass is 9.98. The van der Waals surface area contributed by atoms with Crippen molar-refractivity contribution < 1.29 is 19.2 Å². The third kappa shape index (κ3) is 7.49. The van der Waals surface area contributed by atoms with E-state index in [0.717, 1.165) is 88.4 Å². The highest BCUT2D eigenvalue weighted by atomic mass is 32.1. The van der Waals surface area contributed by atoms with Gasteiger partial charge in [-0.05, 0) is 74.6 Å². The van der Waals surface area contributed by atoms with Gasteiger partial charge in [-0.25, -0.2) is 4.52 Å². The first-order valence-electron chi connectivity index (χ1n) is 20.1. The van der Waals surface area contributed by atoms with Gasteiger partial charge in [-0.15, -0.1) is 10.2 Å². The number of nitrogens with one attached hydrogen (secondary N) is 2. The Labute approximate surface area is 344 Å². The van der Waals surface area contributed by atoms with Crippen LogP contribution >= 0.6 is 11.3 Å². The van der Waals surface area contributed by atoms with Crippen LogP contribution in [0.1, 0.15) is 66.6 Å². The Balaban J connectivity index is 0.794. The number of carbonyl (C=O) groups excluding carboxylic acids is 4. The Morgan fingerprint density at radius 2 is 1.80 bits per heavy atom. The Morgan fingerprint density at radius 1 is 0.983 bits per heavy atom. The molecule has 4 aliphatic rings. The van der Waals surface area contributed by atoms with Crippen molar-refractivity contribution >= 4 is 51.3 Å². The summed E-state index contributed by atoms with van der Waals surface area (Å²) in [6, 6.07) is 15.2. The number of nitrogens with zero attached hydrogens (tertiary/aromatic N) is 10. The number of hydrogen-bond donors (Lipinski definition) is 2. The number of aromatic nitrogens is 5. The molecule has 16 nitrogen and oxygen atoms in total. The van der Waals surface area contributed by atoms with E-state index in [4.69, 9.17) is 4.98 Å². The fourth-order valence-corrected chi connectivity index (χ4v) is 9.67. The van der Waals surface area contributed by atoms with E-state index < -0.39 is 11.9 Å². The molecule has 0 saturated carbocycles. The molecule has 17 heteroatoms. The highest BCUT2D eigenvalue weighted by Crippen LogP contribution is 2.37. The number of carbonyl (C=O) groups is 4. The fraction of sp³-hybridized carbons (Fsp3) is 0.405. The molecule has 5 aromatic rings. The van der Waals surface area contributed by atoms with Gasteiger partial charge in [0.1, 0.15) is 12.1 Å². The second-order valence-corrected chi connectivity index (χ2v) is 16.8. The van der Waals surface area contributed by atoms with Gasteiger partial charge in [0.15, 0.2) is 5.01 Å². The topological polar surface area (TPSA) is 185 Å². The van der Waals surface area contributed by atoms with Crippen molar-refractivity contribution in [2.75, 3.05) is 49.5 Å². The number of pyridine rings is 1. The molecular weight excluding hydrogens is 769 g/mol. The quantitative estimate of drug-likeness (QED) is 0.206. The largest absolute Gasteiger partial charge is 0.382 e. The lowest BCUT2D eigenvalue weighted by molar-refractivity contribution is -0.137. The molecule has 1 atom stereocenters. The molecule has 2 N–H and O–H groups in total. The second kappa shape index (κ2) is 15.8. The molecule has 0 bridgehead atoms. The lowest BCUT2D eigenvalue weighted by Gasteiger charge is -2.42. The van der Waals surface area contributed by atoms with Gasteiger partial charge in [0.2, 0.25) is 22.9 Å². The summed E-state index contributed by atoms with van der Waals surface area (Å²) in [5, 5.41) is 30.6. The first-order valence-corrected chi connectivity index (χ1v) is 21.0. The van der Waals surface area contributed by atoms with Crippen LogP contribution in [-0.2, 0) is 27.3 Å². The van der Waals surface area contributed by atoms with E-state index in [1.807, 2.05) is 35.4 Å². The highest BCUT2D eigenvalue weighted by Gasteiger charge is 2.40. The lowest BCUT2D eigenvalue weighted by Crippen LogP contribution is -2.54. The van der Waals surface area contributed by atoms with Crippen molar-refractivity contribution in [3.8, 4) is 28.0 Å². The number of piperazine rings is 1. The van der Waals surface area contributed by atoms with Gasteiger partial charge in [-0.2, -0.15) is 10.4 Å². The van der Waals surface area contributed by atoms with E-state index in [-0.39, 0.29) is 43.1 Å². The van der Waals surface area contributed by atoms with Gasteiger partial charge in [-0.3, -0.25) is 34.4 Å². The van der Waals surface area contributed by atoms with Crippen molar-refractivity contribution in [1.29, 1.82) is 5.26 Å². The van der Waals surface area contributed by atoms with Gasteiger partial charge >= 0.3 is 0 Å². The maximum atomic E-state index is 13.6. The number of anilines is 2. The van der Waals surface area contributed by atoms with Crippen molar-refractivity contribution in [2.45, 2.75) is 70.6 Å². The van der Waals surface area contributed by atoms with Crippen LogP contribution < -0.4 is 15.5 Å². The maximum Gasteiger partial charge on any atom is 0.255 e. The molecule has 1 aromatic carbocycles. The molecule has 302 valence electrons. The van der Waals surface area contributed by atoms with E-state index in [1.165, 1.54) is 4.90 Å². The number of imide groups is 1. The summed E-state index contributed by atoms with van der Waals surface area (Å²) in [5.74, 6) is -0.947. The molecule has 3 fully saturated rings. The van der Waals surface area contributed by atoms with Gasteiger partial charge in [0, 0.05) is 81.8 Å². The van der Waals surface area contributed by atoms with Crippen molar-refractivity contribution in [1.82, 2.24) is 44.8 Å². The predicted molar refractivity (Wildman–Crippen MR) is 220 cm³/mol. The summed E-state index contributed by atoms with van der Waals surface area (Å²) in [6.07, 6.45) is 5.89. The van der Waals surface area contributed by atoms with Crippen LogP contribution in [0, 0.1) is 11.3 Å². The number of amides is 4. The molecule has 3 saturated heterocycles. The first-order chi connectivity index (χ1) is 28.6. The normalized spacial score (nSPS) is 19.1. The number of fused-ring (bicyclic) bond motifs is 2. The SMILES string of the molecule is CC(C)Nc1cc(-c2ccc3cc(C#N)cnn23)ncc1-c1nnc(N2CCN(C3CCN(C(=O)Cc4cccc5c4CN(C4CCC(=O)NC4=O)C5=O)CC3)CC2)s1. The first kappa shape index (κ1) is 38.3. The van der Waals surface area contributed by atoms with Crippen LogP contribution in [0.5, 0.6) is 0 Å². The van der Waals surface area contributed by atoms with E-state index in [9.17, 15) is 24.4 Å². The molecule has 59 heavy (non-hydrogen) atoms. The molecule has 9 rings (SSSR count). The number of benzene rings is 1. The molecule has 0 radical (unpaired) electrons. The minimum atomic E-state index is -0.687. The summed E-state index contributed by atoms with van der Waals surface area (Å²) >= 11 is 1.56. The molecule has 1 unspecified atom stereocenters. The summed E-state index contributed by atoms with van der Waals surface area (Å²) in [5.41, 5.74) is 6.83. The molecule has 0 aliphatic carbocycles. The zero-order chi connectivity index (χ0) is 40.8. The van der Waals surface area contributed by atoms with Crippen molar-refractivity contribution in [3.63, 3.8) is 0 Å². The van der Waals surface area contributed by atoms with Gasteiger partial charge in [-0.1, -0.05) is 23.5 Å². The minimum absolute atomic E-state index is 0.0442. The van der Waals surface area contributed by atoms with Gasteiger partial charge in [0.05, 0.1) is 40.6 Å². The second-order valence-electron chi connectivity index (χ2n) is 15.9. The summed E-state index contributed by atoms with van der Waals surface area (Å²) in [6.45, 7) is 9.26. The molecule has 0 spiro atoms. The summed E-state index contributed by atoms with van der Waals surface area (Å²) < 4.78 is 1.79. The number of piperidine rings is 2. The summed E-state index contributed by atoms with van der Waals surface area (Å²) in [4.78, 5) is 64.2. The van der Waals surface area contributed by atoms with Crippen LogP contribution in [0.25, 0.3) is 27.5 Å². The zero-order valence-corrected chi connectivity index (χ0v) is 33.7. The average Bonchev–Trinajstić information content (AvgIpc) is 3.99. The van der Waals surface area contributed by atoms with E-state index >= 15 is 0 Å². The summed E-state index contributed by atoms with van der Waals surface area (Å²) in [7, 11) is 0. The van der Waals surface area contributed by atoms with Crippen LogP contribution in [0.3, 0.4) is 0 Å². The molecule has 4 aromatic heterocycles. The number of rotatable bonds is 9. The Morgan fingerprint density at radius 3 is 2.56 bits per heavy atom. The molecular formula is C42H44N12O4S. The highest BCUT2D eigenvalue weighted by molar-refractivity contribution is 7.18. The van der Waals surface area contributed by atoms with Crippen molar-refractivity contribution in [3.05, 3.63) is 77.1 Å². The van der Waals surface area contributed by atoms with E-state index in [0.29, 0.717) is 36.7 Å². The number of hydrogen-bond acceptors (Lipinski definition) is 13. The minimum Gasteiger partial charge on any atom is -0.382 e. The van der Waals surface area contributed by atoms with Crippen LogP contribution in [0.4, 0.5) is 10.8 Å². The number of nitriles is 1. The fourth-order valence-electron chi connectivity index (χ4n) is 8.75. The Hall–Kier alpha value is -6.25. The number of likely N-dealkylation sites (tertiary alicyclic amines) is 1. The smallest absolute Gasteiger partial charge is 0.255 e. The van der Waals surface area contributed by atoms with Crippen LogP contribution in [-0.4, -0.2) is 121 Å². The third-order valence-electron chi connectivity index (χ3n) is 11.8. The predicted octanol–water partition coefficient (Wildman–Crippen LogP) is 3.72. The maximum absolute atomic E-state index is 13.6.